The van der Waals surface area contributed by atoms with E-state index in [1.165, 1.54) is 0 Å². The van der Waals surface area contributed by atoms with Crippen LogP contribution in [-0.2, 0) is 9.53 Å². The van der Waals surface area contributed by atoms with Gasteiger partial charge in [0.25, 0.3) is 0 Å². The molecule has 6 nitrogen and oxygen atoms in total. The maximum Gasteiger partial charge on any atom is 0.306 e. The predicted octanol–water partition coefficient (Wildman–Crippen LogP) is -0.409. The van der Waals surface area contributed by atoms with Crippen molar-refractivity contribution in [1.29, 1.82) is 0 Å². The molecular formula is C12H23NO5. The van der Waals surface area contributed by atoms with Crippen LogP contribution in [0.2, 0.25) is 0 Å². The van der Waals surface area contributed by atoms with Crippen molar-refractivity contribution in [2.75, 3.05) is 32.9 Å². The Morgan fingerprint density at radius 3 is 2.56 bits per heavy atom. The lowest BCUT2D eigenvalue weighted by atomic mass is 9.79. The zero-order valence-corrected chi connectivity index (χ0v) is 10.6. The van der Waals surface area contributed by atoms with E-state index in [1.807, 2.05) is 0 Å². The number of carbonyl (C=O) groups is 1. The zero-order chi connectivity index (χ0) is 13.4. The van der Waals surface area contributed by atoms with Gasteiger partial charge >= 0.3 is 5.97 Å². The first-order chi connectivity index (χ1) is 8.57. The quantitative estimate of drug-likeness (QED) is 0.443. The summed E-state index contributed by atoms with van der Waals surface area (Å²) in [5.41, 5.74) is -0.789. The Hall–Kier alpha value is -0.690. The Bertz CT molecular complexity index is 251. The summed E-state index contributed by atoms with van der Waals surface area (Å²) < 4.78 is 5.08. The number of carboxylic acids is 1. The fraction of sp³-hybridized carbons (Fsp3) is 0.917. The number of aliphatic hydroxyl groups is 2. The van der Waals surface area contributed by atoms with Gasteiger partial charge in [-0.2, -0.15) is 0 Å². The van der Waals surface area contributed by atoms with Gasteiger partial charge in [-0.25, -0.2) is 0 Å². The molecule has 0 amide bonds. The van der Waals surface area contributed by atoms with Crippen LogP contribution < -0.4 is 5.32 Å². The second kappa shape index (κ2) is 7.68. The third kappa shape index (κ3) is 5.30. The van der Waals surface area contributed by atoms with E-state index in [-0.39, 0.29) is 12.5 Å². The molecule has 1 aliphatic rings. The van der Waals surface area contributed by atoms with Crippen LogP contribution in [0.15, 0.2) is 0 Å². The first-order valence-electron chi connectivity index (χ1n) is 6.42. The average molecular weight is 261 g/mol. The Balaban J connectivity index is 2.12. The summed E-state index contributed by atoms with van der Waals surface area (Å²) >= 11 is 0. The van der Waals surface area contributed by atoms with Gasteiger partial charge in [0.05, 0.1) is 31.3 Å². The van der Waals surface area contributed by atoms with Crippen LogP contribution in [0.25, 0.3) is 0 Å². The zero-order valence-electron chi connectivity index (χ0n) is 10.6. The topological polar surface area (TPSA) is 99.0 Å². The number of ether oxygens (including phenoxy) is 1. The lowest BCUT2D eigenvalue weighted by Gasteiger charge is -2.34. The van der Waals surface area contributed by atoms with Gasteiger partial charge in [0.15, 0.2) is 0 Å². The first-order valence-corrected chi connectivity index (χ1v) is 6.42. The van der Waals surface area contributed by atoms with Crippen molar-refractivity contribution in [1.82, 2.24) is 5.32 Å². The van der Waals surface area contributed by atoms with E-state index < -0.39 is 11.6 Å². The van der Waals surface area contributed by atoms with E-state index in [0.717, 1.165) is 0 Å². The molecule has 0 aromatic carbocycles. The number of hydrogen-bond donors (Lipinski definition) is 4. The van der Waals surface area contributed by atoms with Crippen LogP contribution in [0.5, 0.6) is 0 Å². The van der Waals surface area contributed by atoms with E-state index in [2.05, 4.69) is 5.32 Å². The molecule has 0 bridgehead atoms. The molecule has 0 spiro atoms. The minimum Gasteiger partial charge on any atom is -0.481 e. The molecule has 6 heteroatoms. The monoisotopic (exact) mass is 261 g/mol. The summed E-state index contributed by atoms with van der Waals surface area (Å²) in [6.07, 6.45) is 2.12. The normalized spacial score (nSPS) is 28.2. The molecular weight excluding hydrogens is 238 g/mol. The maximum atomic E-state index is 10.8. The van der Waals surface area contributed by atoms with Crippen LogP contribution in [0, 0.1) is 5.92 Å². The molecule has 0 saturated heterocycles. The van der Waals surface area contributed by atoms with Gasteiger partial charge in [-0.05, 0) is 25.7 Å². The smallest absolute Gasteiger partial charge is 0.306 e. The summed E-state index contributed by atoms with van der Waals surface area (Å²) in [4.78, 5) is 10.8. The third-order valence-corrected chi connectivity index (χ3v) is 3.38. The molecule has 18 heavy (non-hydrogen) atoms. The van der Waals surface area contributed by atoms with Gasteiger partial charge < -0.3 is 25.4 Å². The largest absolute Gasteiger partial charge is 0.481 e. The number of rotatable bonds is 8. The Morgan fingerprint density at radius 2 is 2.00 bits per heavy atom. The summed E-state index contributed by atoms with van der Waals surface area (Å²) in [7, 11) is 0. The molecule has 1 saturated carbocycles. The Morgan fingerprint density at radius 1 is 1.33 bits per heavy atom. The van der Waals surface area contributed by atoms with Crippen molar-refractivity contribution in [2.45, 2.75) is 31.3 Å². The fourth-order valence-electron chi connectivity index (χ4n) is 2.21. The fourth-order valence-corrected chi connectivity index (χ4v) is 2.21. The highest BCUT2D eigenvalue weighted by Crippen LogP contribution is 2.31. The number of aliphatic carboxylic acids is 1. The lowest BCUT2D eigenvalue weighted by molar-refractivity contribution is -0.144. The van der Waals surface area contributed by atoms with Crippen molar-refractivity contribution in [2.24, 2.45) is 5.92 Å². The molecule has 0 heterocycles. The number of carboxylic acid groups (broad SMARTS) is 1. The van der Waals surface area contributed by atoms with E-state index in [9.17, 15) is 9.90 Å². The molecule has 0 aromatic rings. The highest BCUT2D eigenvalue weighted by Gasteiger charge is 2.35. The third-order valence-electron chi connectivity index (χ3n) is 3.38. The summed E-state index contributed by atoms with van der Waals surface area (Å²) in [5, 5.41) is 30.7. The van der Waals surface area contributed by atoms with Crippen molar-refractivity contribution in [3.63, 3.8) is 0 Å². The van der Waals surface area contributed by atoms with Gasteiger partial charge in [-0.3, -0.25) is 4.79 Å². The van der Waals surface area contributed by atoms with E-state index in [4.69, 9.17) is 14.9 Å². The highest BCUT2D eigenvalue weighted by molar-refractivity contribution is 5.70. The SMILES string of the molecule is O=C(O)C1CCC(O)(CNCCOCCO)CC1. The number of hydrogen-bond acceptors (Lipinski definition) is 5. The Labute approximate surface area is 107 Å². The molecule has 1 rings (SSSR count). The van der Waals surface area contributed by atoms with E-state index in [1.54, 1.807) is 0 Å². The molecule has 1 fully saturated rings. The van der Waals surface area contributed by atoms with Crippen LogP contribution in [0.3, 0.4) is 0 Å². The summed E-state index contributed by atoms with van der Waals surface area (Å²) in [6.45, 7) is 1.91. The molecule has 106 valence electrons. The molecule has 1 aliphatic carbocycles. The molecule has 0 aliphatic heterocycles. The van der Waals surface area contributed by atoms with E-state index in [0.29, 0.717) is 52.0 Å². The number of aliphatic hydroxyl groups excluding tert-OH is 1. The molecule has 0 atom stereocenters. The van der Waals surface area contributed by atoms with Gasteiger partial charge in [0.2, 0.25) is 0 Å². The standard InChI is InChI=1S/C12H23NO5/c14-6-8-18-7-5-13-9-12(17)3-1-10(2-4-12)11(15)16/h10,13-14,17H,1-9H2,(H,15,16). The predicted molar refractivity (Wildman–Crippen MR) is 65.3 cm³/mol. The molecule has 0 aromatic heterocycles. The van der Waals surface area contributed by atoms with Crippen LogP contribution in [0.1, 0.15) is 25.7 Å². The van der Waals surface area contributed by atoms with E-state index >= 15 is 0 Å². The molecule has 4 N–H and O–H groups in total. The van der Waals surface area contributed by atoms with Gasteiger partial charge in [-0.15, -0.1) is 0 Å². The summed E-state index contributed by atoms with van der Waals surface area (Å²) in [5.74, 6) is -1.07. The van der Waals surface area contributed by atoms with Gasteiger partial charge in [0, 0.05) is 13.1 Å². The van der Waals surface area contributed by atoms with Crippen molar-refractivity contribution < 1.29 is 24.9 Å². The van der Waals surface area contributed by atoms with Crippen molar-refractivity contribution in [3.05, 3.63) is 0 Å². The van der Waals surface area contributed by atoms with Gasteiger partial charge in [0.1, 0.15) is 0 Å². The van der Waals surface area contributed by atoms with Crippen LogP contribution in [0.4, 0.5) is 0 Å². The average Bonchev–Trinajstić information content (AvgIpc) is 2.34. The lowest BCUT2D eigenvalue weighted by Crippen LogP contribution is -2.45. The second-order valence-electron chi connectivity index (χ2n) is 4.85. The van der Waals surface area contributed by atoms with Crippen LogP contribution >= 0.6 is 0 Å². The minimum atomic E-state index is -0.789. The maximum absolute atomic E-state index is 10.8. The number of nitrogens with one attached hydrogen (secondary N) is 1. The van der Waals surface area contributed by atoms with Crippen LogP contribution in [-0.4, -0.2) is 59.8 Å². The highest BCUT2D eigenvalue weighted by atomic mass is 16.5. The molecule has 0 radical (unpaired) electrons. The Kier molecular flexibility index (Phi) is 6.56. The van der Waals surface area contributed by atoms with Crippen molar-refractivity contribution >= 4 is 5.97 Å². The second-order valence-corrected chi connectivity index (χ2v) is 4.85. The van der Waals surface area contributed by atoms with Gasteiger partial charge in [-0.1, -0.05) is 0 Å². The minimum absolute atomic E-state index is 0.0144. The first kappa shape index (κ1) is 15.4. The molecule has 0 unspecified atom stereocenters. The van der Waals surface area contributed by atoms with Crippen molar-refractivity contribution in [3.8, 4) is 0 Å². The summed E-state index contributed by atoms with van der Waals surface area (Å²) in [6, 6.07) is 0.